The zero-order valence-corrected chi connectivity index (χ0v) is 9.20. The van der Waals surface area contributed by atoms with Gasteiger partial charge in [-0.25, -0.2) is 0 Å². The SMILES string of the molecule is Cc1cc(C)n(-n2c(C)ccc2C)c1. The molecular weight excluding hydrogens is 172 g/mol. The molecule has 0 aromatic carbocycles. The van der Waals surface area contributed by atoms with Gasteiger partial charge in [0.15, 0.2) is 0 Å². The maximum absolute atomic E-state index is 2.22. The molecule has 0 unspecified atom stereocenters. The van der Waals surface area contributed by atoms with E-state index in [-0.39, 0.29) is 0 Å². The number of aromatic nitrogens is 2. The van der Waals surface area contributed by atoms with Crippen LogP contribution in [0.15, 0.2) is 24.4 Å². The van der Waals surface area contributed by atoms with E-state index in [1.54, 1.807) is 0 Å². The van der Waals surface area contributed by atoms with E-state index in [0.29, 0.717) is 0 Å². The quantitative estimate of drug-likeness (QED) is 0.651. The van der Waals surface area contributed by atoms with E-state index in [0.717, 1.165) is 0 Å². The highest BCUT2D eigenvalue weighted by Crippen LogP contribution is 2.13. The van der Waals surface area contributed by atoms with Crippen LogP contribution in [0.1, 0.15) is 22.6 Å². The summed E-state index contributed by atoms with van der Waals surface area (Å²) in [6.07, 6.45) is 2.16. The van der Waals surface area contributed by atoms with Gasteiger partial charge in [0.2, 0.25) is 0 Å². The van der Waals surface area contributed by atoms with Gasteiger partial charge in [0.25, 0.3) is 0 Å². The fourth-order valence-electron chi connectivity index (χ4n) is 1.94. The lowest BCUT2D eigenvalue weighted by molar-refractivity contribution is 0.611. The summed E-state index contributed by atoms with van der Waals surface area (Å²) in [6.45, 7) is 8.51. The standard InChI is InChI=1S/C12H16N2/c1-9-7-12(4)13(8-9)14-10(2)5-6-11(14)3/h5-8H,1-4H3. The maximum atomic E-state index is 2.22. The normalized spacial score (nSPS) is 10.9. The van der Waals surface area contributed by atoms with E-state index < -0.39 is 0 Å². The van der Waals surface area contributed by atoms with E-state index in [4.69, 9.17) is 0 Å². The van der Waals surface area contributed by atoms with Crippen LogP contribution in [-0.2, 0) is 0 Å². The fourth-order valence-corrected chi connectivity index (χ4v) is 1.94. The molecule has 2 aromatic rings. The van der Waals surface area contributed by atoms with Crippen LogP contribution in [-0.4, -0.2) is 9.35 Å². The summed E-state index contributed by atoms with van der Waals surface area (Å²) in [7, 11) is 0. The third kappa shape index (κ3) is 1.27. The molecule has 2 rings (SSSR count). The average molecular weight is 188 g/mol. The lowest BCUT2D eigenvalue weighted by Gasteiger charge is -2.12. The largest absolute Gasteiger partial charge is 0.261 e. The Hall–Kier alpha value is -1.44. The van der Waals surface area contributed by atoms with Crippen molar-refractivity contribution >= 4 is 0 Å². The predicted molar refractivity (Wildman–Crippen MR) is 58.6 cm³/mol. The highest BCUT2D eigenvalue weighted by Gasteiger charge is 2.05. The summed E-state index contributed by atoms with van der Waals surface area (Å²) < 4.78 is 4.42. The smallest absolute Gasteiger partial charge is 0.0376 e. The van der Waals surface area contributed by atoms with E-state index in [1.165, 1.54) is 22.6 Å². The Labute approximate surface area is 84.8 Å². The predicted octanol–water partition coefficient (Wildman–Crippen LogP) is 2.83. The van der Waals surface area contributed by atoms with Crippen LogP contribution in [0.3, 0.4) is 0 Å². The van der Waals surface area contributed by atoms with Crippen LogP contribution in [0.2, 0.25) is 0 Å². The Morgan fingerprint density at radius 1 is 0.857 bits per heavy atom. The number of aryl methyl sites for hydroxylation is 4. The van der Waals surface area contributed by atoms with Crippen LogP contribution in [0.25, 0.3) is 0 Å². The van der Waals surface area contributed by atoms with Crippen molar-refractivity contribution in [1.29, 1.82) is 0 Å². The molecule has 2 aromatic heterocycles. The summed E-state index contributed by atoms with van der Waals surface area (Å²) in [5, 5.41) is 0. The fraction of sp³-hybridized carbons (Fsp3) is 0.333. The minimum atomic E-state index is 1.27. The molecule has 0 amide bonds. The van der Waals surface area contributed by atoms with Gasteiger partial charge in [0.05, 0.1) is 0 Å². The number of rotatable bonds is 1. The molecule has 0 N–H and O–H groups in total. The van der Waals surface area contributed by atoms with E-state index in [2.05, 4.69) is 61.4 Å². The number of hydrogen-bond donors (Lipinski definition) is 0. The molecule has 0 fully saturated rings. The summed E-state index contributed by atoms with van der Waals surface area (Å²) in [5.74, 6) is 0. The number of hydrogen-bond acceptors (Lipinski definition) is 0. The minimum absolute atomic E-state index is 1.27. The van der Waals surface area contributed by atoms with Crippen molar-refractivity contribution in [3.63, 3.8) is 0 Å². The third-order valence-corrected chi connectivity index (χ3v) is 2.57. The highest BCUT2D eigenvalue weighted by atomic mass is 15.5. The second-order valence-electron chi connectivity index (χ2n) is 3.93. The van der Waals surface area contributed by atoms with E-state index in [9.17, 15) is 0 Å². The molecule has 0 bridgehead atoms. The first-order chi connectivity index (χ1) is 6.59. The zero-order valence-electron chi connectivity index (χ0n) is 9.20. The molecule has 0 saturated heterocycles. The molecule has 2 heteroatoms. The molecule has 0 radical (unpaired) electrons. The number of nitrogens with zero attached hydrogens (tertiary/aromatic N) is 2. The van der Waals surface area contributed by atoms with Crippen molar-refractivity contribution in [1.82, 2.24) is 9.35 Å². The van der Waals surface area contributed by atoms with Crippen molar-refractivity contribution in [2.24, 2.45) is 0 Å². The van der Waals surface area contributed by atoms with Gasteiger partial charge in [-0.1, -0.05) is 0 Å². The van der Waals surface area contributed by atoms with Gasteiger partial charge in [-0.2, -0.15) is 0 Å². The maximum Gasteiger partial charge on any atom is 0.0376 e. The Morgan fingerprint density at radius 3 is 1.86 bits per heavy atom. The molecule has 14 heavy (non-hydrogen) atoms. The molecule has 0 atom stereocenters. The summed E-state index contributed by atoms with van der Waals surface area (Å²) in [4.78, 5) is 0. The van der Waals surface area contributed by atoms with Gasteiger partial charge in [-0.3, -0.25) is 9.35 Å². The molecule has 0 spiro atoms. The highest BCUT2D eigenvalue weighted by molar-refractivity contribution is 5.21. The first kappa shape index (κ1) is 9.13. The van der Waals surface area contributed by atoms with Crippen LogP contribution in [0.5, 0.6) is 0 Å². The van der Waals surface area contributed by atoms with Gasteiger partial charge >= 0.3 is 0 Å². The average Bonchev–Trinajstić information content (AvgIpc) is 2.57. The Bertz CT molecular complexity index is 441. The third-order valence-electron chi connectivity index (χ3n) is 2.57. The molecule has 2 heterocycles. The molecule has 2 nitrogen and oxygen atoms in total. The molecule has 0 aliphatic carbocycles. The van der Waals surface area contributed by atoms with Crippen molar-refractivity contribution in [3.05, 3.63) is 47.0 Å². The lowest BCUT2D eigenvalue weighted by atomic mass is 10.4. The Morgan fingerprint density at radius 2 is 1.43 bits per heavy atom. The lowest BCUT2D eigenvalue weighted by Crippen LogP contribution is -2.12. The van der Waals surface area contributed by atoms with Gasteiger partial charge in [0, 0.05) is 23.3 Å². The molecular formula is C12H16N2. The van der Waals surface area contributed by atoms with Crippen molar-refractivity contribution < 1.29 is 0 Å². The van der Waals surface area contributed by atoms with Crippen LogP contribution in [0.4, 0.5) is 0 Å². The van der Waals surface area contributed by atoms with Crippen LogP contribution >= 0.6 is 0 Å². The Kier molecular flexibility index (Phi) is 1.99. The summed E-state index contributed by atoms with van der Waals surface area (Å²) in [6, 6.07) is 6.48. The van der Waals surface area contributed by atoms with E-state index >= 15 is 0 Å². The van der Waals surface area contributed by atoms with Gasteiger partial charge in [0.1, 0.15) is 0 Å². The zero-order chi connectivity index (χ0) is 10.3. The Balaban J connectivity index is 2.65. The van der Waals surface area contributed by atoms with Crippen molar-refractivity contribution in [3.8, 4) is 0 Å². The minimum Gasteiger partial charge on any atom is -0.261 e. The van der Waals surface area contributed by atoms with Gasteiger partial charge in [-0.15, -0.1) is 0 Å². The first-order valence-corrected chi connectivity index (χ1v) is 4.91. The molecule has 74 valence electrons. The van der Waals surface area contributed by atoms with Gasteiger partial charge < -0.3 is 0 Å². The second kappa shape index (κ2) is 3.05. The van der Waals surface area contributed by atoms with Crippen LogP contribution in [0, 0.1) is 27.7 Å². The molecule has 0 aliphatic rings. The monoisotopic (exact) mass is 188 g/mol. The molecule has 0 saturated carbocycles. The molecule has 0 aliphatic heterocycles. The second-order valence-corrected chi connectivity index (χ2v) is 3.93. The van der Waals surface area contributed by atoms with Gasteiger partial charge in [-0.05, 0) is 51.5 Å². The van der Waals surface area contributed by atoms with E-state index in [1.807, 2.05) is 0 Å². The first-order valence-electron chi connectivity index (χ1n) is 4.91. The topological polar surface area (TPSA) is 9.86 Å². The van der Waals surface area contributed by atoms with Crippen molar-refractivity contribution in [2.45, 2.75) is 27.7 Å². The summed E-state index contributed by atoms with van der Waals surface area (Å²) >= 11 is 0. The van der Waals surface area contributed by atoms with Crippen molar-refractivity contribution in [2.75, 3.05) is 0 Å². The summed E-state index contributed by atoms with van der Waals surface area (Å²) in [5.41, 5.74) is 5.10. The van der Waals surface area contributed by atoms with Crippen LogP contribution < -0.4 is 0 Å².